The van der Waals surface area contributed by atoms with Crippen molar-refractivity contribution in [3.63, 3.8) is 0 Å². The van der Waals surface area contributed by atoms with E-state index in [4.69, 9.17) is 0 Å². The Morgan fingerprint density at radius 3 is 1.83 bits per heavy atom. The minimum atomic E-state index is 1.03. The van der Waals surface area contributed by atoms with Gasteiger partial charge in [-0.2, -0.15) is 0 Å². The van der Waals surface area contributed by atoms with Crippen LogP contribution in [0.4, 0.5) is 0 Å². The first-order chi connectivity index (χ1) is 5.74. The predicted octanol–water partition coefficient (Wildman–Crippen LogP) is 3.15. The lowest BCUT2D eigenvalue weighted by Gasteiger charge is -2.27. The fraction of sp³-hybridized carbons (Fsp3) is 1.00. The van der Waals surface area contributed by atoms with E-state index in [9.17, 15) is 0 Å². The molecule has 0 unspecified atom stereocenters. The first-order valence-electron chi connectivity index (χ1n) is 5.43. The molecule has 1 saturated heterocycles. The summed E-state index contributed by atoms with van der Waals surface area (Å²) in [5, 5.41) is 0. The average Bonchev–Trinajstić information content (AvgIpc) is 2.07. The molecule has 1 aliphatic rings. The van der Waals surface area contributed by atoms with Crippen molar-refractivity contribution in [1.29, 1.82) is 0 Å². The van der Waals surface area contributed by atoms with Crippen LogP contribution in [0.5, 0.6) is 0 Å². The number of hydrogen-bond acceptors (Lipinski definition) is 1. The van der Waals surface area contributed by atoms with Gasteiger partial charge in [-0.05, 0) is 38.9 Å². The Labute approximate surface area is 78.1 Å². The van der Waals surface area contributed by atoms with Crippen LogP contribution in [0.15, 0.2) is 0 Å². The molecule has 1 rings (SSSR count). The largest absolute Gasteiger partial charge is 0.306 e. The molecule has 1 heteroatoms. The zero-order valence-electron chi connectivity index (χ0n) is 9.27. The molecule has 1 nitrogen and oxygen atoms in total. The molecule has 0 aromatic rings. The third kappa shape index (κ3) is 5.59. The maximum atomic E-state index is 2.42. The van der Waals surface area contributed by atoms with Crippen LogP contribution < -0.4 is 0 Å². The van der Waals surface area contributed by atoms with Gasteiger partial charge in [-0.3, -0.25) is 0 Å². The van der Waals surface area contributed by atoms with Crippen molar-refractivity contribution in [1.82, 2.24) is 4.90 Å². The zero-order valence-corrected chi connectivity index (χ0v) is 9.27. The molecule has 0 N–H and O–H groups in total. The van der Waals surface area contributed by atoms with Crippen LogP contribution >= 0.6 is 0 Å². The Kier molecular flexibility index (Phi) is 7.58. The van der Waals surface area contributed by atoms with E-state index in [-0.39, 0.29) is 0 Å². The molecule has 12 heavy (non-hydrogen) atoms. The second-order valence-electron chi connectivity index (χ2n) is 3.86. The number of likely N-dealkylation sites (tertiary alicyclic amines) is 1. The second kappa shape index (κ2) is 7.60. The molecule has 0 bridgehead atoms. The van der Waals surface area contributed by atoms with Crippen molar-refractivity contribution >= 4 is 0 Å². The Morgan fingerprint density at radius 2 is 1.50 bits per heavy atom. The SMILES string of the molecule is CCC.CCC1CCN(C)CC1. The van der Waals surface area contributed by atoms with Crippen LogP contribution in [-0.2, 0) is 0 Å². The van der Waals surface area contributed by atoms with Gasteiger partial charge < -0.3 is 4.90 Å². The first-order valence-corrected chi connectivity index (χ1v) is 5.43. The Balaban J connectivity index is 0.000000354. The average molecular weight is 171 g/mol. The summed E-state index contributed by atoms with van der Waals surface area (Å²) in [6.07, 6.45) is 5.48. The monoisotopic (exact) mass is 171 g/mol. The van der Waals surface area contributed by atoms with Crippen LogP contribution in [-0.4, -0.2) is 25.0 Å². The molecule has 0 aromatic carbocycles. The topological polar surface area (TPSA) is 3.24 Å². The molecule has 0 saturated carbocycles. The molecular weight excluding hydrogens is 146 g/mol. The zero-order chi connectivity index (χ0) is 9.40. The van der Waals surface area contributed by atoms with E-state index in [1.807, 2.05) is 0 Å². The van der Waals surface area contributed by atoms with Gasteiger partial charge in [0.05, 0.1) is 0 Å². The first kappa shape index (κ1) is 12.0. The predicted molar refractivity (Wildman–Crippen MR) is 56.5 cm³/mol. The van der Waals surface area contributed by atoms with Crippen LogP contribution in [0.2, 0.25) is 0 Å². The number of piperidine rings is 1. The Hall–Kier alpha value is -0.0400. The van der Waals surface area contributed by atoms with Gasteiger partial charge in [0.15, 0.2) is 0 Å². The number of rotatable bonds is 1. The van der Waals surface area contributed by atoms with E-state index in [0.717, 1.165) is 5.92 Å². The van der Waals surface area contributed by atoms with Gasteiger partial charge in [0, 0.05) is 0 Å². The number of nitrogens with zero attached hydrogens (tertiary/aromatic N) is 1. The van der Waals surface area contributed by atoms with Crippen LogP contribution in [0, 0.1) is 5.92 Å². The normalized spacial score (nSPS) is 20.0. The summed E-state index contributed by atoms with van der Waals surface area (Å²) < 4.78 is 0. The van der Waals surface area contributed by atoms with Crippen LogP contribution in [0.1, 0.15) is 46.5 Å². The van der Waals surface area contributed by atoms with Crippen molar-refractivity contribution in [3.05, 3.63) is 0 Å². The summed E-state index contributed by atoms with van der Waals surface area (Å²) in [6, 6.07) is 0. The van der Waals surface area contributed by atoms with Gasteiger partial charge >= 0.3 is 0 Å². The molecule has 74 valence electrons. The maximum absolute atomic E-state index is 2.42. The molecular formula is C11H25N. The van der Waals surface area contributed by atoms with Gasteiger partial charge in [-0.1, -0.05) is 33.6 Å². The summed E-state index contributed by atoms with van der Waals surface area (Å²) in [7, 11) is 2.21. The summed E-state index contributed by atoms with van der Waals surface area (Å²) >= 11 is 0. The molecule has 1 aliphatic heterocycles. The Morgan fingerprint density at radius 1 is 1.08 bits per heavy atom. The molecule has 0 spiro atoms. The standard InChI is InChI=1S/C8H17N.C3H8/c1-3-8-4-6-9(2)7-5-8;1-3-2/h8H,3-7H2,1-2H3;3H2,1-2H3. The molecule has 0 aromatic heterocycles. The van der Waals surface area contributed by atoms with E-state index in [2.05, 4.69) is 32.7 Å². The van der Waals surface area contributed by atoms with Crippen LogP contribution in [0.3, 0.4) is 0 Å². The summed E-state index contributed by atoms with van der Waals surface area (Å²) in [5.41, 5.74) is 0. The fourth-order valence-electron chi connectivity index (χ4n) is 1.47. The second-order valence-corrected chi connectivity index (χ2v) is 3.86. The highest BCUT2D eigenvalue weighted by Gasteiger charge is 2.13. The van der Waals surface area contributed by atoms with Crippen molar-refractivity contribution in [2.45, 2.75) is 46.5 Å². The van der Waals surface area contributed by atoms with E-state index >= 15 is 0 Å². The van der Waals surface area contributed by atoms with Crippen molar-refractivity contribution in [3.8, 4) is 0 Å². The van der Waals surface area contributed by atoms with Crippen LogP contribution in [0.25, 0.3) is 0 Å². The number of hydrogen-bond donors (Lipinski definition) is 0. The van der Waals surface area contributed by atoms with E-state index in [0.29, 0.717) is 0 Å². The minimum Gasteiger partial charge on any atom is -0.306 e. The third-order valence-corrected chi connectivity index (χ3v) is 2.42. The third-order valence-electron chi connectivity index (χ3n) is 2.42. The van der Waals surface area contributed by atoms with Gasteiger partial charge in [0.1, 0.15) is 0 Å². The molecule has 1 heterocycles. The lowest BCUT2D eigenvalue weighted by atomic mass is 9.95. The molecule has 0 radical (unpaired) electrons. The molecule has 0 aliphatic carbocycles. The highest BCUT2D eigenvalue weighted by molar-refractivity contribution is 4.67. The van der Waals surface area contributed by atoms with E-state index in [1.165, 1.54) is 38.8 Å². The van der Waals surface area contributed by atoms with E-state index in [1.54, 1.807) is 0 Å². The van der Waals surface area contributed by atoms with Crippen molar-refractivity contribution in [2.75, 3.05) is 20.1 Å². The summed E-state index contributed by atoms with van der Waals surface area (Å²) in [4.78, 5) is 2.42. The molecule has 0 amide bonds. The summed E-state index contributed by atoms with van der Waals surface area (Å²) in [6.45, 7) is 9.19. The highest BCUT2D eigenvalue weighted by Crippen LogP contribution is 2.18. The quantitative estimate of drug-likeness (QED) is 0.586. The van der Waals surface area contributed by atoms with Crippen molar-refractivity contribution < 1.29 is 0 Å². The maximum Gasteiger partial charge on any atom is -0.00191 e. The Bertz CT molecular complexity index is 83.0. The highest BCUT2D eigenvalue weighted by atomic mass is 15.1. The minimum absolute atomic E-state index is 1.03. The lowest BCUT2D eigenvalue weighted by Crippen LogP contribution is -2.29. The van der Waals surface area contributed by atoms with Gasteiger partial charge in [-0.15, -0.1) is 0 Å². The van der Waals surface area contributed by atoms with E-state index < -0.39 is 0 Å². The molecule has 1 fully saturated rings. The smallest absolute Gasteiger partial charge is 0.00191 e. The van der Waals surface area contributed by atoms with Gasteiger partial charge in [0.2, 0.25) is 0 Å². The van der Waals surface area contributed by atoms with Gasteiger partial charge in [0.25, 0.3) is 0 Å². The molecule has 0 atom stereocenters. The lowest BCUT2D eigenvalue weighted by molar-refractivity contribution is 0.216. The van der Waals surface area contributed by atoms with Crippen molar-refractivity contribution in [2.24, 2.45) is 5.92 Å². The summed E-state index contributed by atoms with van der Waals surface area (Å²) in [5.74, 6) is 1.03. The van der Waals surface area contributed by atoms with Gasteiger partial charge in [-0.25, -0.2) is 0 Å². The fourth-order valence-corrected chi connectivity index (χ4v) is 1.47.